The van der Waals surface area contributed by atoms with Gasteiger partial charge >= 0.3 is 5.69 Å². The van der Waals surface area contributed by atoms with E-state index >= 15 is 0 Å². The van der Waals surface area contributed by atoms with Crippen molar-refractivity contribution < 1.29 is 4.79 Å². The second-order valence-electron chi connectivity index (χ2n) is 12.9. The smallest absolute Gasteiger partial charge is 0.333 e. The van der Waals surface area contributed by atoms with Crippen LogP contribution in [0.4, 0.5) is 0 Å². The van der Waals surface area contributed by atoms with Crippen LogP contribution in [0.3, 0.4) is 0 Å². The van der Waals surface area contributed by atoms with E-state index in [2.05, 4.69) is 4.90 Å². The molecule has 0 bridgehead atoms. The van der Waals surface area contributed by atoms with Gasteiger partial charge in [0.2, 0.25) is 5.91 Å². The molecule has 3 aliphatic rings. The van der Waals surface area contributed by atoms with Gasteiger partial charge < -0.3 is 15.2 Å². The van der Waals surface area contributed by atoms with Gasteiger partial charge in [-0.1, -0.05) is 69.2 Å². The molecule has 0 spiro atoms. The molecule has 9 nitrogen and oxygen atoms in total. The van der Waals surface area contributed by atoms with Gasteiger partial charge in [0.15, 0.2) is 11.2 Å². The number of carbonyl (C=O) groups excluding carboxylic acids is 1. The van der Waals surface area contributed by atoms with Gasteiger partial charge in [0.25, 0.3) is 5.56 Å². The van der Waals surface area contributed by atoms with E-state index in [9.17, 15) is 14.4 Å². The molecule has 2 N–H and O–H groups in total. The number of hydrogen-bond donors (Lipinski definition) is 1. The van der Waals surface area contributed by atoms with Gasteiger partial charge in [-0.15, -0.1) is 0 Å². The highest BCUT2D eigenvalue weighted by molar-refractivity contribution is 5.96. The summed E-state index contributed by atoms with van der Waals surface area (Å²) in [5.41, 5.74) is 8.71. The van der Waals surface area contributed by atoms with E-state index < -0.39 is 0 Å². The van der Waals surface area contributed by atoms with Crippen molar-refractivity contribution in [2.75, 3.05) is 19.6 Å². The third-order valence-electron chi connectivity index (χ3n) is 9.98. The summed E-state index contributed by atoms with van der Waals surface area (Å²) in [5.74, 6) is 0.277. The van der Waals surface area contributed by atoms with Crippen LogP contribution in [0.1, 0.15) is 108 Å². The molecule has 2 aromatic heterocycles. The Hall–Kier alpha value is -3.46. The number of aromatic nitrogens is 4. The van der Waals surface area contributed by atoms with Crippen molar-refractivity contribution >= 4 is 23.1 Å². The third-order valence-corrected chi connectivity index (χ3v) is 9.98. The maximum Gasteiger partial charge on any atom is 0.333 e. The molecule has 2 aliphatic carbocycles. The summed E-state index contributed by atoms with van der Waals surface area (Å²) >= 11 is 0. The number of rotatable bonds is 8. The summed E-state index contributed by atoms with van der Waals surface area (Å²) in [4.78, 5) is 47.6. The van der Waals surface area contributed by atoms with E-state index in [1.165, 1.54) is 30.3 Å². The van der Waals surface area contributed by atoms with Crippen LogP contribution in [0.25, 0.3) is 28.6 Å². The number of aryl methyl sites for hydroxylation is 1. The molecule has 230 valence electrons. The number of carbonyl (C=O) groups is 1. The van der Waals surface area contributed by atoms with Crippen LogP contribution in [-0.4, -0.2) is 49.1 Å². The number of fused-ring (bicyclic) bond motifs is 1. The lowest BCUT2D eigenvalue weighted by molar-refractivity contribution is -0.114. The molecule has 3 aromatic rings. The third kappa shape index (κ3) is 6.14. The predicted octanol–water partition coefficient (Wildman–Crippen LogP) is 5.32. The molecule has 9 heteroatoms. The van der Waals surface area contributed by atoms with Crippen LogP contribution in [0.5, 0.6) is 0 Å². The summed E-state index contributed by atoms with van der Waals surface area (Å²) in [5, 5.41) is 0. The van der Waals surface area contributed by atoms with Crippen LogP contribution < -0.4 is 17.0 Å². The standard InChI is InChI=1S/C34H46N6O3/c1-37-31(25-17-15-24(16-18-25)23-26(30(35)41)19-22-38-20-9-4-10-21-38)36-29-32(37)39(27-11-5-2-6-12-27)34(43)40(33(29)42)28-13-7-3-8-14-28/h15-18,23,27-28H,2-14,19-22H2,1H3,(H2,35,41)/b26-23+. The van der Waals surface area contributed by atoms with Crippen LogP contribution in [-0.2, 0) is 11.8 Å². The van der Waals surface area contributed by atoms with Crippen molar-refractivity contribution in [1.29, 1.82) is 0 Å². The zero-order valence-electron chi connectivity index (χ0n) is 25.6. The Bertz CT molecular complexity index is 1590. The Morgan fingerprint density at radius 2 is 1.44 bits per heavy atom. The highest BCUT2D eigenvalue weighted by atomic mass is 16.2. The number of nitrogens with two attached hydrogens (primary N) is 1. The Kier molecular flexibility index (Phi) is 8.98. The number of imidazole rings is 1. The largest absolute Gasteiger partial charge is 0.366 e. The summed E-state index contributed by atoms with van der Waals surface area (Å²) in [6.07, 6.45) is 16.4. The van der Waals surface area contributed by atoms with Crippen molar-refractivity contribution in [3.05, 3.63) is 56.2 Å². The van der Waals surface area contributed by atoms with Gasteiger partial charge in [-0.05, 0) is 69.7 Å². The Labute approximate surface area is 253 Å². The van der Waals surface area contributed by atoms with Crippen LogP contribution in [0.2, 0.25) is 0 Å². The minimum absolute atomic E-state index is 0.0566. The first-order valence-corrected chi connectivity index (χ1v) is 16.5. The minimum atomic E-state index is -0.383. The second kappa shape index (κ2) is 13.0. The van der Waals surface area contributed by atoms with Crippen LogP contribution in [0, 0.1) is 0 Å². The van der Waals surface area contributed by atoms with E-state index in [1.54, 1.807) is 0 Å². The van der Waals surface area contributed by atoms with Crippen molar-refractivity contribution in [2.45, 2.75) is 102 Å². The summed E-state index contributed by atoms with van der Waals surface area (Å²) in [6, 6.07) is 7.89. The molecule has 0 unspecified atom stereocenters. The summed E-state index contributed by atoms with van der Waals surface area (Å²) < 4.78 is 5.37. The highest BCUT2D eigenvalue weighted by Crippen LogP contribution is 2.32. The molecular weight excluding hydrogens is 540 g/mol. The first-order chi connectivity index (χ1) is 20.9. The molecule has 3 fully saturated rings. The van der Waals surface area contributed by atoms with Crippen molar-refractivity contribution in [2.24, 2.45) is 12.8 Å². The monoisotopic (exact) mass is 586 g/mol. The number of amides is 1. The van der Waals surface area contributed by atoms with Gasteiger partial charge in [-0.25, -0.2) is 9.78 Å². The fraction of sp³-hybridized carbons (Fsp3) is 0.588. The van der Waals surface area contributed by atoms with Crippen LogP contribution in [0.15, 0.2) is 39.4 Å². The zero-order valence-corrected chi connectivity index (χ0v) is 25.6. The number of nitrogens with zero attached hydrogens (tertiary/aromatic N) is 5. The van der Waals surface area contributed by atoms with E-state index in [0.717, 1.165) is 88.5 Å². The summed E-state index contributed by atoms with van der Waals surface area (Å²) in [7, 11) is 1.91. The zero-order chi connectivity index (χ0) is 29.9. The van der Waals surface area contributed by atoms with Gasteiger partial charge in [0.05, 0.1) is 0 Å². The van der Waals surface area contributed by atoms with Crippen molar-refractivity contribution in [3.8, 4) is 11.4 Å². The molecule has 0 atom stereocenters. The first-order valence-electron chi connectivity index (χ1n) is 16.5. The molecule has 43 heavy (non-hydrogen) atoms. The van der Waals surface area contributed by atoms with Gasteiger partial charge in [-0.2, -0.15) is 0 Å². The molecule has 1 aliphatic heterocycles. The number of primary amides is 1. The number of benzene rings is 1. The van der Waals surface area contributed by atoms with Gasteiger partial charge in [0, 0.05) is 36.8 Å². The molecule has 0 radical (unpaired) electrons. The SMILES string of the molecule is Cn1c(-c2ccc(/C=C(\CCN3CCCCC3)C(N)=O)cc2)nc2c(=O)n(C3CCCCC3)c(=O)n(C3CCCCC3)c21. The van der Waals surface area contributed by atoms with Gasteiger partial charge in [0.1, 0.15) is 5.82 Å². The molecule has 2 saturated carbocycles. The quantitative estimate of drug-likeness (QED) is 0.360. The number of likely N-dealkylation sites (tertiary alicyclic amines) is 1. The summed E-state index contributed by atoms with van der Waals surface area (Å²) in [6.45, 7) is 3.01. The number of hydrogen-bond acceptors (Lipinski definition) is 5. The lowest BCUT2D eigenvalue weighted by Gasteiger charge is -2.28. The van der Waals surface area contributed by atoms with Crippen molar-refractivity contribution in [3.63, 3.8) is 0 Å². The molecule has 1 saturated heterocycles. The van der Waals surface area contributed by atoms with E-state index in [1.807, 2.05) is 46.5 Å². The topological polar surface area (TPSA) is 108 Å². The van der Waals surface area contributed by atoms with Crippen LogP contribution >= 0.6 is 0 Å². The van der Waals surface area contributed by atoms with E-state index in [0.29, 0.717) is 29.0 Å². The highest BCUT2D eigenvalue weighted by Gasteiger charge is 2.29. The average molecular weight is 587 g/mol. The minimum Gasteiger partial charge on any atom is -0.366 e. The maximum absolute atomic E-state index is 14.1. The maximum atomic E-state index is 14.1. The molecular formula is C34H46N6O3. The molecule has 1 amide bonds. The molecule has 1 aromatic carbocycles. The Morgan fingerprint density at radius 3 is 2.05 bits per heavy atom. The van der Waals surface area contributed by atoms with E-state index in [-0.39, 0.29) is 29.2 Å². The Morgan fingerprint density at radius 1 is 0.860 bits per heavy atom. The Balaban J connectivity index is 1.36. The average Bonchev–Trinajstić information content (AvgIpc) is 3.38. The lowest BCUT2D eigenvalue weighted by atomic mass is 9.94. The van der Waals surface area contributed by atoms with Crippen molar-refractivity contribution in [1.82, 2.24) is 23.6 Å². The fourth-order valence-corrected chi connectivity index (χ4v) is 7.56. The number of piperidine rings is 1. The molecule has 3 heterocycles. The van der Waals surface area contributed by atoms with Gasteiger partial charge in [-0.3, -0.25) is 18.7 Å². The first kappa shape index (κ1) is 29.6. The predicted molar refractivity (Wildman–Crippen MR) is 171 cm³/mol. The normalized spacial score (nSPS) is 19.7. The van der Waals surface area contributed by atoms with E-state index in [4.69, 9.17) is 10.7 Å². The lowest BCUT2D eigenvalue weighted by Crippen LogP contribution is -2.44. The second-order valence-corrected chi connectivity index (χ2v) is 12.9. The molecule has 6 rings (SSSR count). The fourth-order valence-electron chi connectivity index (χ4n) is 7.56.